The molecule has 2 N–H and O–H groups in total. The van der Waals surface area contributed by atoms with E-state index in [1.54, 1.807) is 17.9 Å². The summed E-state index contributed by atoms with van der Waals surface area (Å²) in [6.45, 7) is 11.4. The Morgan fingerprint density at radius 1 is 1.18 bits per heavy atom. The molecule has 2 fully saturated rings. The molecule has 2 aliphatic rings. The van der Waals surface area contributed by atoms with E-state index < -0.39 is 23.6 Å². The molecule has 2 aromatic rings. The van der Waals surface area contributed by atoms with E-state index in [1.807, 2.05) is 44.6 Å². The summed E-state index contributed by atoms with van der Waals surface area (Å²) in [5.41, 5.74) is 0.848. The fraction of sp³-hybridized carbons (Fsp3) is 0.571. The molecule has 0 bridgehead atoms. The summed E-state index contributed by atoms with van der Waals surface area (Å²) in [6, 6.07) is 5.21. The fourth-order valence-electron chi connectivity index (χ4n) is 4.76. The van der Waals surface area contributed by atoms with Crippen LogP contribution in [0, 0.1) is 6.92 Å². The second kappa shape index (κ2) is 11.3. The Labute approximate surface area is 229 Å². The Kier molecular flexibility index (Phi) is 8.20. The lowest BCUT2D eigenvalue weighted by atomic mass is 10.0. The van der Waals surface area contributed by atoms with Crippen molar-refractivity contribution in [3.63, 3.8) is 0 Å². The largest absolute Gasteiger partial charge is 0.482 e. The predicted molar refractivity (Wildman–Crippen MR) is 144 cm³/mol. The summed E-state index contributed by atoms with van der Waals surface area (Å²) in [5.74, 6) is -1.25. The molecule has 2 amide bonds. The molecule has 11 heteroatoms. The molecule has 0 spiro atoms. The van der Waals surface area contributed by atoms with Gasteiger partial charge in [0.15, 0.2) is 6.10 Å². The van der Waals surface area contributed by atoms with Gasteiger partial charge in [-0.05, 0) is 71.2 Å². The van der Waals surface area contributed by atoms with Crippen LogP contribution in [0.25, 0.3) is 0 Å². The number of carboxylic acids is 1. The van der Waals surface area contributed by atoms with Crippen molar-refractivity contribution in [2.45, 2.75) is 71.2 Å². The Morgan fingerprint density at radius 2 is 1.90 bits per heavy atom. The van der Waals surface area contributed by atoms with Crippen LogP contribution in [0.5, 0.6) is 5.75 Å². The van der Waals surface area contributed by atoms with E-state index in [9.17, 15) is 19.5 Å². The van der Waals surface area contributed by atoms with Gasteiger partial charge in [-0.3, -0.25) is 14.4 Å². The highest BCUT2D eigenvalue weighted by Crippen LogP contribution is 2.35. The molecule has 39 heavy (non-hydrogen) atoms. The van der Waals surface area contributed by atoms with E-state index in [2.05, 4.69) is 10.2 Å². The van der Waals surface area contributed by atoms with Crippen LogP contribution in [0.15, 0.2) is 24.4 Å². The SMILES string of the molecule is CNC(=O)c1cc(C(=O)O)c(C)cc1OC(CN1CCN(C(=O)OC(C)(C)C)[C@H](C)C1)c1ccn(C2CC2)n1. The molecular weight excluding hydrogens is 502 g/mol. The third-order valence-electron chi connectivity index (χ3n) is 6.94. The number of aromatic carboxylic acids is 1. The van der Waals surface area contributed by atoms with Crippen LogP contribution in [0.4, 0.5) is 4.79 Å². The monoisotopic (exact) mass is 541 g/mol. The number of benzene rings is 1. The number of piperazine rings is 1. The highest BCUT2D eigenvalue weighted by Gasteiger charge is 2.34. The maximum atomic E-state index is 12.7. The van der Waals surface area contributed by atoms with Crippen LogP contribution in [-0.2, 0) is 4.74 Å². The number of nitrogens with zero attached hydrogens (tertiary/aromatic N) is 4. The fourth-order valence-corrected chi connectivity index (χ4v) is 4.76. The molecule has 0 radical (unpaired) electrons. The van der Waals surface area contributed by atoms with Gasteiger partial charge >= 0.3 is 12.1 Å². The molecular formula is C28H39N5O6. The Bertz CT molecular complexity index is 1230. The van der Waals surface area contributed by atoms with Crippen molar-refractivity contribution in [1.82, 2.24) is 24.9 Å². The third kappa shape index (κ3) is 6.89. The number of aryl methyl sites for hydroxylation is 1. The first-order chi connectivity index (χ1) is 18.4. The molecule has 1 aliphatic carbocycles. The highest BCUT2D eigenvalue weighted by molar-refractivity contribution is 6.00. The van der Waals surface area contributed by atoms with Gasteiger partial charge < -0.3 is 24.8 Å². The third-order valence-corrected chi connectivity index (χ3v) is 6.94. The second-order valence-corrected chi connectivity index (χ2v) is 11.4. The van der Waals surface area contributed by atoms with Gasteiger partial charge in [-0.2, -0.15) is 5.10 Å². The van der Waals surface area contributed by atoms with Gasteiger partial charge in [-0.25, -0.2) is 9.59 Å². The molecule has 2 atom stereocenters. The maximum absolute atomic E-state index is 12.7. The average Bonchev–Trinajstić information content (AvgIpc) is 3.58. The maximum Gasteiger partial charge on any atom is 0.410 e. The van der Waals surface area contributed by atoms with Gasteiger partial charge in [0.05, 0.1) is 17.2 Å². The lowest BCUT2D eigenvalue weighted by Crippen LogP contribution is -2.55. The number of nitrogens with one attached hydrogen (secondary N) is 1. The van der Waals surface area contributed by atoms with Gasteiger partial charge in [-0.1, -0.05) is 0 Å². The number of hydrogen-bond donors (Lipinski definition) is 2. The minimum Gasteiger partial charge on any atom is -0.482 e. The summed E-state index contributed by atoms with van der Waals surface area (Å²) < 4.78 is 14.0. The molecule has 1 saturated carbocycles. The molecule has 1 aliphatic heterocycles. The molecule has 212 valence electrons. The molecule has 2 heterocycles. The lowest BCUT2D eigenvalue weighted by molar-refractivity contribution is -0.00319. The van der Waals surface area contributed by atoms with Crippen LogP contribution < -0.4 is 10.1 Å². The van der Waals surface area contributed by atoms with Crippen LogP contribution in [0.3, 0.4) is 0 Å². The van der Waals surface area contributed by atoms with Crippen LogP contribution in [-0.4, -0.2) is 87.5 Å². The van der Waals surface area contributed by atoms with Crippen LogP contribution in [0.2, 0.25) is 0 Å². The number of rotatable bonds is 8. The number of ether oxygens (including phenoxy) is 2. The summed E-state index contributed by atoms with van der Waals surface area (Å²) >= 11 is 0. The van der Waals surface area contributed by atoms with Gasteiger partial charge in [0.25, 0.3) is 5.91 Å². The van der Waals surface area contributed by atoms with Crippen molar-refractivity contribution in [3.8, 4) is 5.75 Å². The summed E-state index contributed by atoms with van der Waals surface area (Å²) in [4.78, 5) is 41.1. The Hall–Kier alpha value is -3.60. The van der Waals surface area contributed by atoms with Gasteiger partial charge in [-0.15, -0.1) is 0 Å². The first-order valence-electron chi connectivity index (χ1n) is 13.4. The normalized spacial score (nSPS) is 18.9. The minimum absolute atomic E-state index is 0.0441. The zero-order chi connectivity index (χ0) is 28.5. The number of aromatic nitrogens is 2. The van der Waals surface area contributed by atoms with E-state index in [0.29, 0.717) is 43.5 Å². The second-order valence-electron chi connectivity index (χ2n) is 11.4. The molecule has 1 aromatic carbocycles. The van der Waals surface area contributed by atoms with Crippen molar-refractivity contribution in [2.24, 2.45) is 0 Å². The van der Waals surface area contributed by atoms with E-state index in [-0.39, 0.29) is 23.3 Å². The summed E-state index contributed by atoms with van der Waals surface area (Å²) in [7, 11) is 1.49. The lowest BCUT2D eigenvalue weighted by Gasteiger charge is -2.41. The average molecular weight is 542 g/mol. The van der Waals surface area contributed by atoms with Crippen molar-refractivity contribution < 1.29 is 29.0 Å². The number of carbonyl (C=O) groups is 3. The van der Waals surface area contributed by atoms with E-state index in [0.717, 1.165) is 18.5 Å². The van der Waals surface area contributed by atoms with Crippen molar-refractivity contribution in [3.05, 3.63) is 46.8 Å². The number of hydrogen-bond acceptors (Lipinski definition) is 7. The van der Waals surface area contributed by atoms with E-state index in [4.69, 9.17) is 14.6 Å². The molecule has 11 nitrogen and oxygen atoms in total. The van der Waals surface area contributed by atoms with Gasteiger partial charge in [0.1, 0.15) is 17.0 Å². The van der Waals surface area contributed by atoms with Crippen molar-refractivity contribution >= 4 is 18.0 Å². The zero-order valence-corrected chi connectivity index (χ0v) is 23.6. The van der Waals surface area contributed by atoms with E-state index in [1.165, 1.54) is 13.1 Å². The molecule has 1 aromatic heterocycles. The number of amides is 2. The quantitative estimate of drug-likeness (QED) is 0.519. The molecule has 1 unspecified atom stereocenters. The highest BCUT2D eigenvalue weighted by atomic mass is 16.6. The summed E-state index contributed by atoms with van der Waals surface area (Å²) in [5, 5.41) is 17.0. The van der Waals surface area contributed by atoms with Gasteiger partial charge in [0.2, 0.25) is 0 Å². The standard InChI is InChI=1S/C28H39N5O6/c1-17-13-23(21(25(34)29-6)14-20(17)26(35)36)38-24(22-9-10-33(30-22)19-7-8-19)16-31-11-12-32(18(2)15-31)27(37)39-28(3,4)5/h9-10,13-14,18-19,24H,7-8,11-12,15-16H2,1-6H3,(H,29,34)(H,35,36)/t18-,24?/m1/s1. The smallest absolute Gasteiger partial charge is 0.410 e. The van der Waals surface area contributed by atoms with Crippen LogP contribution >= 0.6 is 0 Å². The Morgan fingerprint density at radius 3 is 2.49 bits per heavy atom. The Balaban J connectivity index is 1.58. The zero-order valence-electron chi connectivity index (χ0n) is 23.6. The van der Waals surface area contributed by atoms with Gasteiger partial charge in [0, 0.05) is 45.5 Å². The summed E-state index contributed by atoms with van der Waals surface area (Å²) in [6.07, 6.45) is 3.28. The first-order valence-corrected chi connectivity index (χ1v) is 13.4. The van der Waals surface area contributed by atoms with Crippen molar-refractivity contribution in [2.75, 3.05) is 33.2 Å². The number of carboxylic acid groups (broad SMARTS) is 1. The van der Waals surface area contributed by atoms with E-state index >= 15 is 0 Å². The minimum atomic E-state index is -1.11. The molecule has 4 rings (SSSR count). The van der Waals surface area contributed by atoms with Crippen LogP contribution in [0.1, 0.15) is 84.7 Å². The predicted octanol–water partition coefficient (Wildman–Crippen LogP) is 3.65. The van der Waals surface area contributed by atoms with Crippen molar-refractivity contribution in [1.29, 1.82) is 0 Å². The first kappa shape index (κ1) is 28.4. The number of carbonyl (C=O) groups excluding carboxylic acids is 2. The molecule has 1 saturated heterocycles. The topological polar surface area (TPSA) is 126 Å².